The minimum atomic E-state index is 0.0771. The normalized spacial score (nSPS) is 18.0. The highest BCUT2D eigenvalue weighted by Gasteiger charge is 2.25. The smallest absolute Gasteiger partial charge is 0.167 e. The minimum Gasteiger partial charge on any atom is -0.355 e. The van der Waals surface area contributed by atoms with E-state index in [2.05, 4.69) is 75.6 Å². The van der Waals surface area contributed by atoms with Gasteiger partial charge < -0.3 is 4.90 Å². The molecule has 1 aromatic heterocycles. The molecule has 238 valence electrons. The third-order valence-corrected chi connectivity index (χ3v) is 9.58. The van der Waals surface area contributed by atoms with Crippen LogP contribution in [-0.4, -0.2) is 34.6 Å². The van der Waals surface area contributed by atoms with E-state index < -0.39 is 0 Å². The van der Waals surface area contributed by atoms with Crippen molar-refractivity contribution < 1.29 is 9.59 Å². The Balaban J connectivity index is 1.24. The van der Waals surface area contributed by atoms with Gasteiger partial charge in [-0.05, 0) is 76.6 Å². The zero-order valence-corrected chi connectivity index (χ0v) is 27.1. The SMILES string of the molecule is O=C1CC=CC=CC=C1C1=C(c2ccc(-c3ccccc3)cc2)c2cc(C(=O)CC3CCCN(c4cnccn4)CC3)ccc2CC=C1. The number of ketones is 2. The van der Waals surface area contributed by atoms with E-state index in [9.17, 15) is 9.59 Å². The van der Waals surface area contributed by atoms with Gasteiger partial charge in [-0.15, -0.1) is 0 Å². The molecule has 0 radical (unpaired) electrons. The number of aromatic nitrogens is 2. The van der Waals surface area contributed by atoms with Crippen molar-refractivity contribution in [3.8, 4) is 11.1 Å². The summed E-state index contributed by atoms with van der Waals surface area (Å²) in [6.07, 6.45) is 23.7. The molecule has 0 amide bonds. The Morgan fingerprint density at radius 1 is 0.812 bits per heavy atom. The second-order valence-electron chi connectivity index (χ2n) is 12.7. The van der Waals surface area contributed by atoms with Crippen molar-refractivity contribution >= 4 is 23.0 Å². The number of rotatable bonds is 7. The Kier molecular flexibility index (Phi) is 9.46. The van der Waals surface area contributed by atoms with Gasteiger partial charge in [0.1, 0.15) is 5.82 Å². The van der Waals surface area contributed by atoms with Crippen molar-refractivity contribution in [2.75, 3.05) is 18.0 Å². The highest BCUT2D eigenvalue weighted by Crippen LogP contribution is 2.38. The highest BCUT2D eigenvalue weighted by atomic mass is 16.1. The number of carbonyl (C=O) groups is 2. The highest BCUT2D eigenvalue weighted by molar-refractivity contribution is 6.06. The van der Waals surface area contributed by atoms with Gasteiger partial charge in [0.05, 0.1) is 6.20 Å². The van der Waals surface area contributed by atoms with Crippen LogP contribution >= 0.6 is 0 Å². The summed E-state index contributed by atoms with van der Waals surface area (Å²) in [6.45, 7) is 1.79. The molecule has 3 aliphatic rings. The Morgan fingerprint density at radius 3 is 2.48 bits per heavy atom. The summed E-state index contributed by atoms with van der Waals surface area (Å²) >= 11 is 0. The predicted octanol–water partition coefficient (Wildman–Crippen LogP) is 8.95. The molecule has 1 fully saturated rings. The van der Waals surface area contributed by atoms with Gasteiger partial charge in [0.25, 0.3) is 0 Å². The summed E-state index contributed by atoms with van der Waals surface area (Å²) in [4.78, 5) is 38.5. The molecule has 0 bridgehead atoms. The van der Waals surface area contributed by atoms with E-state index >= 15 is 0 Å². The zero-order chi connectivity index (χ0) is 32.7. The number of benzene rings is 3. The monoisotopic (exact) mass is 629 g/mol. The fraction of sp³-hybridized carbons (Fsp3) is 0.209. The van der Waals surface area contributed by atoms with Gasteiger partial charge in [0, 0.05) is 49.5 Å². The van der Waals surface area contributed by atoms with Crippen LogP contribution in [0, 0.1) is 5.92 Å². The minimum absolute atomic E-state index is 0.0771. The molecular formula is C43H39N3O2. The summed E-state index contributed by atoms with van der Waals surface area (Å²) in [5, 5.41) is 0. The fourth-order valence-electron chi connectivity index (χ4n) is 7.03. The third kappa shape index (κ3) is 6.96. The Labute approximate surface area is 282 Å². The van der Waals surface area contributed by atoms with E-state index in [1.54, 1.807) is 12.4 Å². The molecule has 7 rings (SSSR count). The van der Waals surface area contributed by atoms with E-state index in [0.29, 0.717) is 24.3 Å². The maximum atomic E-state index is 14.0. The predicted molar refractivity (Wildman–Crippen MR) is 194 cm³/mol. The zero-order valence-electron chi connectivity index (χ0n) is 27.1. The largest absolute Gasteiger partial charge is 0.355 e. The molecule has 5 nitrogen and oxygen atoms in total. The molecule has 2 aliphatic carbocycles. The lowest BCUT2D eigenvalue weighted by Crippen LogP contribution is -2.25. The first kappa shape index (κ1) is 31.2. The number of hydrogen-bond donors (Lipinski definition) is 0. The lowest BCUT2D eigenvalue weighted by atomic mass is 9.84. The number of allylic oxidation sites excluding steroid dienone is 9. The van der Waals surface area contributed by atoms with Crippen LogP contribution in [-0.2, 0) is 11.2 Å². The molecular weight excluding hydrogens is 590 g/mol. The van der Waals surface area contributed by atoms with Crippen LogP contribution in [0.15, 0.2) is 145 Å². The van der Waals surface area contributed by atoms with Crippen molar-refractivity contribution in [3.05, 3.63) is 167 Å². The van der Waals surface area contributed by atoms with Gasteiger partial charge in [-0.3, -0.25) is 14.6 Å². The standard InChI is InChI=1S/C43H39N3O2/c47-40-16-7-2-1-6-14-37(40)38-15-8-13-34-19-22-36(41(48)28-31-10-9-26-46(27-23-31)42-30-44-24-25-45-42)29-39(34)43(38)35-20-17-33(18-21-35)32-11-4-3-5-12-32/h1-8,11-12,14-15,17-22,24-25,29-31H,9-10,13,16,23,26-28H2. The van der Waals surface area contributed by atoms with Crippen molar-refractivity contribution in [2.45, 2.75) is 38.5 Å². The van der Waals surface area contributed by atoms with E-state index in [1.807, 2.05) is 60.8 Å². The first-order valence-corrected chi connectivity index (χ1v) is 17.0. The molecule has 1 aliphatic heterocycles. The molecule has 0 spiro atoms. The van der Waals surface area contributed by atoms with Gasteiger partial charge in [-0.25, -0.2) is 4.98 Å². The fourth-order valence-corrected chi connectivity index (χ4v) is 7.03. The number of anilines is 1. The lowest BCUT2D eigenvalue weighted by molar-refractivity contribution is -0.114. The van der Waals surface area contributed by atoms with Crippen LogP contribution in [0.4, 0.5) is 5.82 Å². The van der Waals surface area contributed by atoms with Crippen LogP contribution in [0.25, 0.3) is 16.7 Å². The molecule has 3 aromatic carbocycles. The molecule has 1 atom stereocenters. The summed E-state index contributed by atoms with van der Waals surface area (Å²) in [5.74, 6) is 1.46. The van der Waals surface area contributed by atoms with Crippen molar-refractivity contribution in [1.82, 2.24) is 9.97 Å². The van der Waals surface area contributed by atoms with Crippen LogP contribution in [0.3, 0.4) is 0 Å². The number of hydrogen-bond acceptors (Lipinski definition) is 5. The maximum absolute atomic E-state index is 14.0. The van der Waals surface area contributed by atoms with E-state index in [1.165, 1.54) is 0 Å². The molecule has 0 N–H and O–H groups in total. The van der Waals surface area contributed by atoms with Crippen LogP contribution < -0.4 is 4.90 Å². The quantitative estimate of drug-likeness (QED) is 0.191. The van der Waals surface area contributed by atoms with Gasteiger partial charge in [-0.1, -0.05) is 109 Å². The summed E-state index contributed by atoms with van der Waals surface area (Å²) in [5.41, 5.74) is 8.75. The Bertz CT molecular complexity index is 1950. The van der Waals surface area contributed by atoms with Crippen LogP contribution in [0.1, 0.15) is 59.2 Å². The maximum Gasteiger partial charge on any atom is 0.167 e. The second-order valence-corrected chi connectivity index (χ2v) is 12.7. The van der Waals surface area contributed by atoms with Gasteiger partial charge in [0.2, 0.25) is 0 Å². The Hall–Kier alpha value is -5.42. The van der Waals surface area contributed by atoms with Crippen LogP contribution in [0.2, 0.25) is 0 Å². The van der Waals surface area contributed by atoms with Crippen molar-refractivity contribution in [2.24, 2.45) is 5.92 Å². The van der Waals surface area contributed by atoms with Gasteiger partial charge in [0.15, 0.2) is 11.6 Å². The molecule has 5 heteroatoms. The third-order valence-electron chi connectivity index (χ3n) is 9.58. The first-order valence-electron chi connectivity index (χ1n) is 17.0. The van der Waals surface area contributed by atoms with E-state index in [0.717, 1.165) is 89.1 Å². The molecule has 2 heterocycles. The summed E-state index contributed by atoms with van der Waals surface area (Å²) in [6, 6.07) is 25.1. The summed E-state index contributed by atoms with van der Waals surface area (Å²) in [7, 11) is 0. The topological polar surface area (TPSA) is 63.2 Å². The van der Waals surface area contributed by atoms with Crippen molar-refractivity contribution in [1.29, 1.82) is 0 Å². The second kappa shape index (κ2) is 14.6. The molecule has 1 saturated heterocycles. The lowest BCUT2D eigenvalue weighted by Gasteiger charge is -2.21. The Morgan fingerprint density at radius 2 is 1.65 bits per heavy atom. The first-order chi connectivity index (χ1) is 23.6. The summed E-state index contributed by atoms with van der Waals surface area (Å²) < 4.78 is 0. The number of Topliss-reactive ketones (excluding diaryl/α,β-unsaturated/α-hetero) is 2. The average Bonchev–Trinajstić information content (AvgIpc) is 3.47. The number of nitrogens with zero attached hydrogens (tertiary/aromatic N) is 3. The number of carbonyl (C=O) groups excluding carboxylic acids is 2. The number of fused-ring (bicyclic) bond motifs is 1. The van der Waals surface area contributed by atoms with Gasteiger partial charge in [-0.2, -0.15) is 0 Å². The molecule has 0 saturated carbocycles. The van der Waals surface area contributed by atoms with Crippen LogP contribution in [0.5, 0.6) is 0 Å². The molecule has 1 unspecified atom stereocenters. The van der Waals surface area contributed by atoms with Crippen molar-refractivity contribution in [3.63, 3.8) is 0 Å². The molecule has 48 heavy (non-hydrogen) atoms. The van der Waals surface area contributed by atoms with E-state index in [-0.39, 0.29) is 11.6 Å². The van der Waals surface area contributed by atoms with Gasteiger partial charge >= 0.3 is 0 Å². The average molecular weight is 630 g/mol. The molecule has 4 aromatic rings. The van der Waals surface area contributed by atoms with E-state index in [4.69, 9.17) is 0 Å².